The fourth-order valence-electron chi connectivity index (χ4n) is 5.62. The molecule has 1 heterocycles. The van der Waals surface area contributed by atoms with E-state index in [-0.39, 0.29) is 29.1 Å². The van der Waals surface area contributed by atoms with Crippen molar-refractivity contribution in [3.8, 4) is 0 Å². The van der Waals surface area contributed by atoms with E-state index in [0.717, 1.165) is 81.3 Å². The Morgan fingerprint density at radius 3 is 1.40 bits per heavy atom. The molecule has 0 radical (unpaired) electrons. The second-order valence-electron chi connectivity index (χ2n) is 14.5. The number of rotatable bonds is 17. The van der Waals surface area contributed by atoms with Crippen LogP contribution in [0.4, 0.5) is 34.1 Å². The molecule has 1 aliphatic heterocycles. The zero-order valence-electron chi connectivity index (χ0n) is 36.9. The van der Waals surface area contributed by atoms with E-state index in [1.165, 1.54) is 49.2 Å². The Labute approximate surface area is 367 Å². The van der Waals surface area contributed by atoms with Gasteiger partial charge < -0.3 is 26.1 Å². The van der Waals surface area contributed by atoms with Crippen molar-refractivity contribution >= 4 is 57.6 Å². The fraction of sp³-hybridized carbons (Fsp3) is 0.417. The monoisotopic (exact) mass is 854 g/mol. The van der Waals surface area contributed by atoms with Gasteiger partial charge in [-0.1, -0.05) is 95.7 Å². The van der Waals surface area contributed by atoms with E-state index in [4.69, 9.17) is 5.73 Å². The van der Waals surface area contributed by atoms with Crippen LogP contribution in [0, 0.1) is 20.2 Å². The molecule has 5 rings (SSSR count). The number of nitro benzene ring substituents is 2. The van der Waals surface area contributed by atoms with Gasteiger partial charge in [-0.25, -0.2) is 0 Å². The van der Waals surface area contributed by atoms with E-state index in [2.05, 4.69) is 31.4 Å². The SMILES string of the molecule is CCCCCC(=O)Nc1ccc([N+](=O)[O-])cc1.CCCCCC(=O)Nc1ccccc1.CCCCCC(C)=O.Nc1ccccc1.O=C1CCCCN1c1ccc([N+](=O)[O-])cc1. The molecule has 1 aliphatic rings. The summed E-state index contributed by atoms with van der Waals surface area (Å²) in [5.41, 5.74) is 8.47. The van der Waals surface area contributed by atoms with E-state index in [1.807, 2.05) is 60.7 Å². The van der Waals surface area contributed by atoms with Crippen LogP contribution < -0.4 is 21.3 Å². The Morgan fingerprint density at radius 2 is 1.02 bits per heavy atom. The number of para-hydroxylation sites is 2. The molecule has 0 spiro atoms. The molecule has 1 saturated heterocycles. The van der Waals surface area contributed by atoms with Crippen LogP contribution in [-0.4, -0.2) is 39.9 Å². The van der Waals surface area contributed by atoms with Crippen molar-refractivity contribution in [2.75, 3.05) is 27.8 Å². The van der Waals surface area contributed by atoms with Crippen molar-refractivity contribution in [1.82, 2.24) is 0 Å². The number of amides is 3. The predicted octanol–water partition coefficient (Wildman–Crippen LogP) is 11.9. The van der Waals surface area contributed by atoms with Crippen LogP contribution >= 0.6 is 0 Å². The third kappa shape index (κ3) is 25.9. The molecule has 3 amide bonds. The first-order valence-electron chi connectivity index (χ1n) is 21.5. The number of piperidine rings is 1. The minimum atomic E-state index is -0.465. The molecule has 14 nitrogen and oxygen atoms in total. The lowest BCUT2D eigenvalue weighted by Gasteiger charge is -2.26. The number of carbonyl (C=O) groups excluding carboxylic acids is 4. The van der Waals surface area contributed by atoms with Crippen molar-refractivity contribution in [1.29, 1.82) is 0 Å². The molecule has 0 aliphatic carbocycles. The maximum atomic E-state index is 11.6. The lowest BCUT2D eigenvalue weighted by molar-refractivity contribution is -0.385. The van der Waals surface area contributed by atoms with Crippen LogP contribution in [0.15, 0.2) is 109 Å². The number of nitrogens with zero attached hydrogens (tertiary/aromatic N) is 3. The summed E-state index contributed by atoms with van der Waals surface area (Å²) in [5.74, 6) is 0.482. The number of nitrogens with one attached hydrogen (secondary N) is 2. The van der Waals surface area contributed by atoms with Gasteiger partial charge in [-0.2, -0.15) is 0 Å². The van der Waals surface area contributed by atoms with Crippen LogP contribution in [0.2, 0.25) is 0 Å². The molecule has 4 N–H and O–H groups in total. The van der Waals surface area contributed by atoms with E-state index >= 15 is 0 Å². The van der Waals surface area contributed by atoms with Gasteiger partial charge in [-0.05, 0) is 87.6 Å². The van der Waals surface area contributed by atoms with Crippen LogP contribution in [0.5, 0.6) is 0 Å². The van der Waals surface area contributed by atoms with Gasteiger partial charge >= 0.3 is 0 Å². The predicted molar refractivity (Wildman–Crippen MR) is 250 cm³/mol. The van der Waals surface area contributed by atoms with Crippen LogP contribution in [0.1, 0.15) is 124 Å². The molecule has 14 heteroatoms. The maximum absolute atomic E-state index is 11.6. The van der Waals surface area contributed by atoms with E-state index < -0.39 is 9.85 Å². The second-order valence-corrected chi connectivity index (χ2v) is 14.5. The molecular formula is C48H66N6O8. The quantitative estimate of drug-likeness (QED) is 0.0399. The number of carbonyl (C=O) groups is 4. The number of ketones is 1. The first-order chi connectivity index (χ1) is 29.8. The van der Waals surface area contributed by atoms with Gasteiger partial charge in [0.05, 0.1) is 9.85 Å². The molecule has 1 fully saturated rings. The van der Waals surface area contributed by atoms with Gasteiger partial charge in [0.15, 0.2) is 0 Å². The van der Waals surface area contributed by atoms with E-state index in [1.54, 1.807) is 24.0 Å². The molecule has 0 saturated carbocycles. The average Bonchev–Trinajstić information content (AvgIpc) is 3.26. The fourth-order valence-corrected chi connectivity index (χ4v) is 5.62. The Hall–Kier alpha value is -6.44. The van der Waals surface area contributed by atoms with E-state index in [9.17, 15) is 39.4 Å². The normalized spacial score (nSPS) is 11.3. The standard InChI is InChI=1S/C12H16N2O3.C12H17NO.C11H12N2O3.C7H14O.C6H7N/c1-2-3-4-5-12(15)13-10-6-8-11(9-7-10)14(16)17;1-2-3-5-10-12(14)13-11-8-6-4-7-9-11;14-11-3-1-2-8-12(11)9-4-6-10(7-5-9)13(15)16;1-3-4-5-6-7(2)8;7-6-4-2-1-3-5-6/h6-9H,2-5H2,1H3,(H,13,15);4,6-9H,2-3,5,10H2,1H3,(H,13,14);4-7H,1-3,8H2;3-6H2,1-2H3;1-5H,7H2. The molecule has 4 aromatic rings. The first-order valence-corrected chi connectivity index (χ1v) is 21.5. The number of anilines is 4. The van der Waals surface area contributed by atoms with Gasteiger partial charge in [0.1, 0.15) is 5.78 Å². The van der Waals surface area contributed by atoms with Crippen molar-refractivity contribution in [3.63, 3.8) is 0 Å². The highest BCUT2D eigenvalue weighted by atomic mass is 16.6. The highest BCUT2D eigenvalue weighted by Gasteiger charge is 2.20. The third-order valence-corrected chi connectivity index (χ3v) is 9.06. The lowest BCUT2D eigenvalue weighted by atomic mass is 10.1. The van der Waals surface area contributed by atoms with Gasteiger partial charge in [-0.3, -0.25) is 34.6 Å². The summed E-state index contributed by atoms with van der Waals surface area (Å²) in [6, 6.07) is 31.0. The molecule has 62 heavy (non-hydrogen) atoms. The minimum Gasteiger partial charge on any atom is -0.399 e. The van der Waals surface area contributed by atoms with Gasteiger partial charge in [-0.15, -0.1) is 0 Å². The number of hydrogen-bond donors (Lipinski definition) is 3. The molecule has 0 bridgehead atoms. The maximum Gasteiger partial charge on any atom is 0.269 e. The zero-order chi connectivity index (χ0) is 46.0. The number of nitro groups is 2. The smallest absolute Gasteiger partial charge is 0.269 e. The topological polar surface area (TPSA) is 208 Å². The number of nitrogens with two attached hydrogens (primary N) is 1. The Bertz CT molecular complexity index is 1880. The number of hydrogen-bond acceptors (Lipinski definition) is 9. The highest BCUT2D eigenvalue weighted by Crippen LogP contribution is 2.23. The summed E-state index contributed by atoms with van der Waals surface area (Å²) >= 11 is 0. The summed E-state index contributed by atoms with van der Waals surface area (Å²) in [7, 11) is 0. The Balaban J connectivity index is 0.000000402. The summed E-state index contributed by atoms with van der Waals surface area (Å²) in [4.78, 5) is 66.4. The van der Waals surface area contributed by atoms with Crippen molar-refractivity contribution in [2.45, 2.75) is 124 Å². The van der Waals surface area contributed by atoms with Crippen molar-refractivity contribution < 1.29 is 29.0 Å². The van der Waals surface area contributed by atoms with Crippen molar-refractivity contribution in [2.24, 2.45) is 0 Å². The van der Waals surface area contributed by atoms with E-state index in [0.29, 0.717) is 37.3 Å². The minimum absolute atomic E-state index is 0.0222. The molecule has 336 valence electrons. The van der Waals surface area contributed by atoms with Crippen molar-refractivity contribution in [3.05, 3.63) is 129 Å². The lowest BCUT2D eigenvalue weighted by Crippen LogP contribution is -2.35. The van der Waals surface area contributed by atoms with Crippen LogP contribution in [0.3, 0.4) is 0 Å². The largest absolute Gasteiger partial charge is 0.399 e. The van der Waals surface area contributed by atoms with Gasteiger partial charge in [0.2, 0.25) is 17.7 Å². The Kier molecular flexibility index (Phi) is 28.8. The number of Topliss-reactive ketones (excluding diaryl/α,β-unsaturated/α-hetero) is 1. The Morgan fingerprint density at radius 1 is 0.597 bits per heavy atom. The van der Waals surface area contributed by atoms with Gasteiger partial charge in [0, 0.05) is 79.2 Å². The van der Waals surface area contributed by atoms with Crippen LogP contribution in [-0.2, 0) is 19.2 Å². The molecule has 0 aromatic heterocycles. The first kappa shape index (κ1) is 53.6. The molecule has 0 unspecified atom stereocenters. The molecule has 4 aromatic carbocycles. The number of nitrogen functional groups attached to an aromatic ring is 1. The zero-order valence-corrected chi connectivity index (χ0v) is 36.9. The summed E-state index contributed by atoms with van der Waals surface area (Å²) in [6.45, 7) is 8.70. The number of benzene rings is 4. The number of non-ortho nitro benzene ring substituents is 2. The summed E-state index contributed by atoms with van der Waals surface area (Å²) in [5, 5.41) is 26.5. The molecule has 0 atom stereocenters. The summed E-state index contributed by atoms with van der Waals surface area (Å²) < 4.78 is 0. The second kappa shape index (κ2) is 33.3. The van der Waals surface area contributed by atoms with Crippen LogP contribution in [0.25, 0.3) is 0 Å². The summed E-state index contributed by atoms with van der Waals surface area (Å²) in [6.07, 6.45) is 14.1. The third-order valence-electron chi connectivity index (χ3n) is 9.06. The highest BCUT2D eigenvalue weighted by molar-refractivity contribution is 5.94. The number of unbranched alkanes of at least 4 members (excludes halogenated alkanes) is 6. The molecular weight excluding hydrogens is 789 g/mol. The average molecular weight is 855 g/mol. The van der Waals surface area contributed by atoms with Gasteiger partial charge in [0.25, 0.3) is 11.4 Å².